The van der Waals surface area contributed by atoms with Crippen LogP contribution in [0.5, 0.6) is 0 Å². The molecule has 0 N–H and O–H groups in total. The summed E-state index contributed by atoms with van der Waals surface area (Å²) in [4.78, 5) is 0. The molecule has 11 aromatic carbocycles. The number of benzene rings is 11. The molecule has 15 rings (SSSR count). The molecule has 4 aliphatic carbocycles. The fourth-order valence-electron chi connectivity index (χ4n) is 15.6. The molecule has 0 nitrogen and oxygen atoms in total. The zero-order valence-electron chi connectivity index (χ0n) is 48.4. The van der Waals surface area contributed by atoms with Crippen LogP contribution in [0.25, 0.3) is 87.6 Å². The standard InChI is InChI=1S/C80H74/c1-47-21-19-29-53(37-47)69-61-31-17-18-32-62(61)70(54-30-20-22-48(2)38-54)76-64-34-36-66-74-65(35-33-63(73(64)74)75(69)76)77-71(57-39-55(49-23-11-9-12-24-49)41-59(43-57)79(3,4)5)67-45-51-27-15-16-28-52(51)46-68(67)72(78(66)77)58-40-56(50-25-13-10-14-26-50)42-60(44-58)80(6,7)8/h15-22,27-46,49-50H,9-14,23-26H2,1-8H3. The van der Waals surface area contributed by atoms with Crippen molar-refractivity contribution in [1.29, 1.82) is 0 Å². The SMILES string of the molecule is Cc1cccc(-c2c3c(c(-c4cccc(C)c4)c4ccccc24)=c2ccc4c5c(ccc=3c25)=c2c(-c3cc(C5CCCCC5)cc(C(C)(C)C)c3)c3cc5ccccc5cc3c(-c3cc(C5CCCCC5)cc(C(C)(C)C)c3)c2=4)c1. The van der Waals surface area contributed by atoms with Gasteiger partial charge < -0.3 is 0 Å². The lowest BCUT2D eigenvalue weighted by Gasteiger charge is -2.28. The minimum absolute atomic E-state index is 0.0290. The lowest BCUT2D eigenvalue weighted by atomic mass is 9.77. The van der Waals surface area contributed by atoms with Crippen LogP contribution in [0, 0.1) is 55.6 Å². The second-order valence-corrected chi connectivity index (χ2v) is 27.0. The first-order valence-corrected chi connectivity index (χ1v) is 30.4. The van der Waals surface area contributed by atoms with E-state index in [1.165, 1.54) is 227 Å². The number of fused-ring (bicyclic) bond motifs is 5. The molecule has 0 atom stereocenters. The van der Waals surface area contributed by atoms with Crippen LogP contribution in [0.3, 0.4) is 0 Å². The van der Waals surface area contributed by atoms with Gasteiger partial charge in [-0.25, -0.2) is 0 Å². The first-order valence-electron chi connectivity index (χ1n) is 30.4. The Kier molecular flexibility index (Phi) is 11.4. The van der Waals surface area contributed by atoms with Crippen LogP contribution in [0.2, 0.25) is 0 Å². The van der Waals surface area contributed by atoms with Crippen molar-refractivity contribution in [2.24, 2.45) is 0 Å². The smallest absolute Gasteiger partial charge is 0.000740 e. The van der Waals surface area contributed by atoms with Crippen LogP contribution < -0.4 is 0 Å². The molecule has 0 heteroatoms. The number of hydrogen-bond acceptors (Lipinski definition) is 0. The van der Waals surface area contributed by atoms with Crippen molar-refractivity contribution in [3.05, 3.63) is 245 Å². The Morgan fingerprint density at radius 1 is 0.312 bits per heavy atom. The van der Waals surface area contributed by atoms with Gasteiger partial charge in [0.1, 0.15) is 0 Å². The fourth-order valence-corrected chi connectivity index (χ4v) is 15.6. The van der Waals surface area contributed by atoms with Gasteiger partial charge in [0, 0.05) is 0 Å². The summed E-state index contributed by atoms with van der Waals surface area (Å²) in [5.74, 6) is 1.14. The maximum absolute atomic E-state index is 2.66. The average Bonchev–Trinajstić information content (AvgIpc) is 2.47. The van der Waals surface area contributed by atoms with E-state index < -0.39 is 0 Å². The molecule has 0 unspecified atom stereocenters. The Balaban J connectivity index is 1.21. The molecular formula is C80H74. The van der Waals surface area contributed by atoms with Gasteiger partial charge in [-0.1, -0.05) is 249 Å². The molecule has 80 heavy (non-hydrogen) atoms. The molecule has 0 amide bonds. The maximum Gasteiger partial charge on any atom is -0.000740 e. The molecule has 2 saturated carbocycles. The third-order valence-electron chi connectivity index (χ3n) is 19.6. The molecule has 0 bridgehead atoms. The molecule has 2 fully saturated rings. The second-order valence-electron chi connectivity index (χ2n) is 27.0. The summed E-state index contributed by atoms with van der Waals surface area (Å²) in [6.07, 6.45) is 13.0. The molecule has 0 heterocycles. The zero-order valence-corrected chi connectivity index (χ0v) is 48.4. The third kappa shape index (κ3) is 7.82. The van der Waals surface area contributed by atoms with Crippen molar-refractivity contribution in [3.63, 3.8) is 0 Å². The lowest BCUT2D eigenvalue weighted by molar-refractivity contribution is 0.443. The molecule has 0 spiro atoms. The predicted octanol–water partition coefficient (Wildman–Crippen LogP) is 22.0. The van der Waals surface area contributed by atoms with Gasteiger partial charge >= 0.3 is 0 Å². The van der Waals surface area contributed by atoms with Gasteiger partial charge in [-0.3, -0.25) is 0 Å². The molecule has 0 radical (unpaired) electrons. The van der Waals surface area contributed by atoms with Gasteiger partial charge in [0.15, 0.2) is 0 Å². The molecule has 0 saturated heterocycles. The summed E-state index contributed by atoms with van der Waals surface area (Å²) < 4.78 is 0. The zero-order chi connectivity index (χ0) is 54.3. The highest BCUT2D eigenvalue weighted by Crippen LogP contribution is 2.49. The molecule has 11 aromatic rings. The van der Waals surface area contributed by atoms with Crippen molar-refractivity contribution in [1.82, 2.24) is 0 Å². The Bertz CT molecular complexity index is 4570. The van der Waals surface area contributed by atoms with Crippen molar-refractivity contribution >= 4 is 43.1 Å². The largest absolute Gasteiger partial charge is 0.0616 e. The van der Waals surface area contributed by atoms with Crippen LogP contribution >= 0.6 is 0 Å². The predicted molar refractivity (Wildman–Crippen MR) is 340 cm³/mol. The van der Waals surface area contributed by atoms with Crippen molar-refractivity contribution < 1.29 is 0 Å². The summed E-state index contributed by atoms with van der Waals surface area (Å²) in [6.45, 7) is 19.0. The number of rotatable bonds is 6. The molecule has 394 valence electrons. The van der Waals surface area contributed by atoms with Crippen LogP contribution in [-0.2, 0) is 10.8 Å². The first kappa shape index (κ1) is 49.5. The van der Waals surface area contributed by atoms with E-state index in [-0.39, 0.29) is 10.8 Å². The fraction of sp³-hybridized carbons (Fsp3) is 0.275. The average molecular weight is 1040 g/mol. The Morgan fingerprint density at radius 2 is 0.675 bits per heavy atom. The van der Waals surface area contributed by atoms with E-state index in [9.17, 15) is 0 Å². The van der Waals surface area contributed by atoms with Gasteiger partial charge in [0.05, 0.1) is 0 Å². The highest BCUT2D eigenvalue weighted by molar-refractivity contribution is 6.13. The summed E-state index contributed by atoms with van der Waals surface area (Å²) in [5.41, 5.74) is 19.2. The summed E-state index contributed by atoms with van der Waals surface area (Å²) in [5, 5.41) is 21.7. The van der Waals surface area contributed by atoms with Crippen LogP contribution in [-0.4, -0.2) is 0 Å². The second kappa shape index (κ2) is 18.5. The van der Waals surface area contributed by atoms with Crippen LogP contribution in [0.15, 0.2) is 170 Å². The van der Waals surface area contributed by atoms with Crippen LogP contribution in [0.1, 0.15) is 151 Å². The maximum atomic E-state index is 2.66. The summed E-state index contributed by atoms with van der Waals surface area (Å²) >= 11 is 0. The van der Waals surface area contributed by atoms with Gasteiger partial charge in [-0.15, -0.1) is 0 Å². The van der Waals surface area contributed by atoms with Crippen LogP contribution in [0.4, 0.5) is 0 Å². The molecule has 0 aliphatic heterocycles. The normalized spacial score (nSPS) is 15.4. The van der Waals surface area contributed by atoms with E-state index in [4.69, 9.17) is 0 Å². The van der Waals surface area contributed by atoms with E-state index in [2.05, 4.69) is 225 Å². The number of aryl methyl sites for hydroxylation is 2. The summed E-state index contributed by atoms with van der Waals surface area (Å²) in [6, 6.07) is 68.1. The number of hydrogen-bond donors (Lipinski definition) is 0. The molecule has 4 aliphatic rings. The lowest BCUT2D eigenvalue weighted by Crippen LogP contribution is -2.14. The quantitative estimate of drug-likeness (QED) is 0.146. The molecule has 0 aromatic heterocycles. The molecular weight excluding hydrogens is 961 g/mol. The first-order chi connectivity index (χ1) is 38.8. The van der Waals surface area contributed by atoms with Crippen molar-refractivity contribution in [2.75, 3.05) is 0 Å². The van der Waals surface area contributed by atoms with E-state index in [1.54, 1.807) is 0 Å². The van der Waals surface area contributed by atoms with Gasteiger partial charge in [0.2, 0.25) is 0 Å². The van der Waals surface area contributed by atoms with E-state index in [0.29, 0.717) is 11.8 Å². The van der Waals surface area contributed by atoms with E-state index >= 15 is 0 Å². The van der Waals surface area contributed by atoms with Crippen molar-refractivity contribution in [2.45, 2.75) is 142 Å². The van der Waals surface area contributed by atoms with Gasteiger partial charge in [-0.2, -0.15) is 0 Å². The Hall–Kier alpha value is -7.54. The monoisotopic (exact) mass is 1030 g/mol. The Labute approximate surface area is 472 Å². The minimum atomic E-state index is -0.0290. The minimum Gasteiger partial charge on any atom is -0.0616 e. The third-order valence-corrected chi connectivity index (χ3v) is 19.6. The van der Waals surface area contributed by atoms with E-state index in [0.717, 1.165) is 0 Å². The Morgan fingerprint density at radius 3 is 1.04 bits per heavy atom. The summed E-state index contributed by atoms with van der Waals surface area (Å²) in [7, 11) is 0. The van der Waals surface area contributed by atoms with Gasteiger partial charge in [0.25, 0.3) is 0 Å². The topological polar surface area (TPSA) is 0 Å². The highest BCUT2D eigenvalue weighted by Gasteiger charge is 2.29. The van der Waals surface area contributed by atoms with Crippen molar-refractivity contribution in [3.8, 4) is 44.5 Å². The van der Waals surface area contributed by atoms with Gasteiger partial charge in [-0.05, 0) is 226 Å². The highest BCUT2D eigenvalue weighted by atomic mass is 14.3. The van der Waals surface area contributed by atoms with E-state index in [1.807, 2.05) is 0 Å².